The van der Waals surface area contributed by atoms with Gasteiger partial charge in [0.05, 0.1) is 6.34 Å². The second kappa shape index (κ2) is 8.51. The number of hydrogen-bond acceptors (Lipinski definition) is 4. The fourth-order valence-corrected chi connectivity index (χ4v) is 5.83. The van der Waals surface area contributed by atoms with Crippen molar-refractivity contribution in [3.63, 3.8) is 0 Å². The number of rotatable bonds is 8. The minimum Gasteiger partial charge on any atom is -0.330 e. The molecular weight excluding hydrogens is 259 g/mol. The molecule has 0 fully saturated rings. The zero-order chi connectivity index (χ0) is 12.6. The Labute approximate surface area is 109 Å². The largest absolute Gasteiger partial charge is 0.330 e. The molecule has 0 aliphatic rings. The third-order valence-electron chi connectivity index (χ3n) is 1.91. The first-order chi connectivity index (χ1) is 7.43. The van der Waals surface area contributed by atoms with Crippen LogP contribution in [0.4, 0.5) is 0 Å². The van der Waals surface area contributed by atoms with Gasteiger partial charge in [-0.15, -0.1) is 0 Å². The van der Waals surface area contributed by atoms with Crippen molar-refractivity contribution in [2.75, 3.05) is 13.7 Å². The Kier molecular flexibility index (Phi) is 8.74. The van der Waals surface area contributed by atoms with Gasteiger partial charge >= 0.3 is 0 Å². The van der Waals surface area contributed by atoms with E-state index in [9.17, 15) is 0 Å². The lowest BCUT2D eigenvalue weighted by molar-refractivity contribution is 0.467. The molecule has 0 saturated carbocycles. The first-order valence-electron chi connectivity index (χ1n) is 5.53. The molecule has 0 spiro atoms. The summed E-state index contributed by atoms with van der Waals surface area (Å²) in [7, 11) is 1.67. The molecule has 0 aromatic heterocycles. The van der Waals surface area contributed by atoms with Gasteiger partial charge in [-0.1, -0.05) is 39.1 Å². The Morgan fingerprint density at radius 1 is 1.50 bits per heavy atom. The van der Waals surface area contributed by atoms with Crippen molar-refractivity contribution in [2.45, 2.75) is 39.4 Å². The van der Waals surface area contributed by atoms with Crippen LogP contribution in [0.15, 0.2) is 4.99 Å². The normalized spacial score (nSPS) is 17.6. The Morgan fingerprint density at radius 2 is 2.12 bits per heavy atom. The summed E-state index contributed by atoms with van der Waals surface area (Å²) >= 11 is 7.18. The Bertz CT molecular complexity index is 259. The molecule has 0 aliphatic carbocycles. The zero-order valence-electron chi connectivity index (χ0n) is 10.8. The van der Waals surface area contributed by atoms with Crippen LogP contribution in [0.5, 0.6) is 0 Å². The minimum absolute atomic E-state index is 0.511. The predicted molar refractivity (Wildman–Crippen MR) is 80.0 cm³/mol. The fourth-order valence-electron chi connectivity index (χ4n) is 0.813. The van der Waals surface area contributed by atoms with Crippen molar-refractivity contribution in [3.05, 3.63) is 0 Å². The van der Waals surface area contributed by atoms with Crippen molar-refractivity contribution in [1.82, 2.24) is 5.09 Å². The molecule has 2 atom stereocenters. The third kappa shape index (κ3) is 7.66. The summed E-state index contributed by atoms with van der Waals surface area (Å²) < 4.78 is 5.40. The quantitative estimate of drug-likeness (QED) is 0.418. The molecule has 0 radical (unpaired) electrons. The summed E-state index contributed by atoms with van der Waals surface area (Å²) in [4.78, 5) is 4.27. The first-order valence-corrected chi connectivity index (χ1v) is 9.74. The fraction of sp³-hybridized carbons (Fsp3) is 0.900. The van der Waals surface area contributed by atoms with Crippen molar-refractivity contribution in [1.29, 1.82) is 0 Å². The molecule has 0 bridgehead atoms. The topological polar surface area (TPSA) is 33.6 Å². The van der Waals surface area contributed by atoms with Crippen LogP contribution in [0.25, 0.3) is 0 Å². The van der Waals surface area contributed by atoms with E-state index in [1.54, 1.807) is 24.8 Å². The molecule has 0 rings (SSSR count). The van der Waals surface area contributed by atoms with Crippen LogP contribution in [-0.4, -0.2) is 25.2 Å². The van der Waals surface area contributed by atoms with E-state index in [-0.39, 0.29) is 0 Å². The average molecular weight is 282 g/mol. The van der Waals surface area contributed by atoms with E-state index in [0.29, 0.717) is 11.2 Å². The maximum Gasteiger partial charge on any atom is 0.211 e. The van der Waals surface area contributed by atoms with Crippen LogP contribution < -0.4 is 5.09 Å². The molecule has 0 aliphatic heterocycles. The van der Waals surface area contributed by atoms with Gasteiger partial charge in [0.15, 0.2) is 0 Å². The van der Waals surface area contributed by atoms with Gasteiger partial charge in [-0.3, -0.25) is 4.99 Å². The van der Waals surface area contributed by atoms with Gasteiger partial charge < -0.3 is 9.61 Å². The highest BCUT2D eigenvalue weighted by atomic mass is 32.9. The monoisotopic (exact) mass is 282 g/mol. The van der Waals surface area contributed by atoms with Gasteiger partial charge in [-0.05, 0) is 24.1 Å². The summed E-state index contributed by atoms with van der Waals surface area (Å²) in [5, 5.41) is 3.65. The number of nitrogens with one attached hydrogen (secondary N) is 1. The van der Waals surface area contributed by atoms with Gasteiger partial charge in [0.2, 0.25) is 5.62 Å². The Balaban J connectivity index is 4.16. The van der Waals surface area contributed by atoms with E-state index in [4.69, 9.17) is 16.3 Å². The molecule has 96 valence electrons. The molecule has 2 unspecified atom stereocenters. The van der Waals surface area contributed by atoms with Gasteiger partial charge in [0.1, 0.15) is 0 Å². The van der Waals surface area contributed by atoms with Crippen molar-refractivity contribution < 1.29 is 4.52 Å². The SMILES string of the molecule is CCC(C)SP(=S)(NC=NCC(C)C)OC. The maximum atomic E-state index is 5.47. The molecule has 0 amide bonds. The van der Waals surface area contributed by atoms with Gasteiger partial charge in [-0.25, -0.2) is 0 Å². The molecule has 0 saturated heterocycles. The van der Waals surface area contributed by atoms with Crippen molar-refractivity contribution in [2.24, 2.45) is 10.9 Å². The lowest BCUT2D eigenvalue weighted by atomic mass is 10.2. The second-order valence-corrected chi connectivity index (χ2v) is 11.1. The van der Waals surface area contributed by atoms with Crippen molar-refractivity contribution >= 4 is 35.1 Å². The van der Waals surface area contributed by atoms with Gasteiger partial charge in [0, 0.05) is 18.9 Å². The number of nitrogens with zero attached hydrogens (tertiary/aromatic N) is 1. The standard InChI is InChI=1S/C10H23N2OPS2/c1-6-10(4)16-14(15,13-5)12-8-11-7-9(2)3/h8-10H,6-7H2,1-5H3,(H,11,12,15). The van der Waals surface area contributed by atoms with E-state index >= 15 is 0 Å². The molecule has 6 heteroatoms. The molecule has 0 aromatic carbocycles. The molecule has 3 nitrogen and oxygen atoms in total. The highest BCUT2D eigenvalue weighted by molar-refractivity contribution is 8.69. The summed E-state index contributed by atoms with van der Waals surface area (Å²) in [6, 6.07) is 0. The van der Waals surface area contributed by atoms with Crippen LogP contribution in [0.3, 0.4) is 0 Å². The third-order valence-corrected chi connectivity index (χ3v) is 8.01. The molecule has 0 aromatic rings. The number of hydrogen-bond donors (Lipinski definition) is 1. The van der Waals surface area contributed by atoms with Crippen LogP contribution in [-0.2, 0) is 16.3 Å². The van der Waals surface area contributed by atoms with E-state index in [0.717, 1.165) is 13.0 Å². The second-order valence-electron chi connectivity index (χ2n) is 4.02. The minimum atomic E-state index is -1.98. The summed E-state index contributed by atoms with van der Waals surface area (Å²) in [5.41, 5.74) is -1.98. The maximum absolute atomic E-state index is 5.47. The predicted octanol–water partition coefficient (Wildman–Crippen LogP) is 3.66. The van der Waals surface area contributed by atoms with Crippen molar-refractivity contribution in [3.8, 4) is 0 Å². The Hall–Kier alpha value is 0.430. The van der Waals surface area contributed by atoms with Gasteiger partial charge in [0.25, 0.3) is 0 Å². The smallest absolute Gasteiger partial charge is 0.211 e. The zero-order valence-corrected chi connectivity index (χ0v) is 13.3. The number of aliphatic imine (C=N–C) groups is 1. The van der Waals surface area contributed by atoms with Gasteiger partial charge in [-0.2, -0.15) is 0 Å². The first kappa shape index (κ1) is 16.4. The van der Waals surface area contributed by atoms with E-state index in [2.05, 4.69) is 37.8 Å². The van der Waals surface area contributed by atoms with Crippen LogP contribution in [0.1, 0.15) is 34.1 Å². The summed E-state index contributed by atoms with van der Waals surface area (Å²) in [6.45, 7) is 9.41. The summed E-state index contributed by atoms with van der Waals surface area (Å²) in [5.74, 6) is 0.570. The Morgan fingerprint density at radius 3 is 2.56 bits per heavy atom. The average Bonchev–Trinajstić information content (AvgIpc) is 2.24. The lowest BCUT2D eigenvalue weighted by Gasteiger charge is -2.21. The van der Waals surface area contributed by atoms with E-state index in [1.807, 2.05) is 0 Å². The van der Waals surface area contributed by atoms with Crippen LogP contribution in [0, 0.1) is 5.92 Å². The van der Waals surface area contributed by atoms with E-state index < -0.39 is 5.62 Å². The molecule has 0 heterocycles. The highest BCUT2D eigenvalue weighted by Crippen LogP contribution is 2.57. The van der Waals surface area contributed by atoms with Crippen LogP contribution in [0.2, 0.25) is 0 Å². The van der Waals surface area contributed by atoms with E-state index in [1.165, 1.54) is 0 Å². The molecule has 16 heavy (non-hydrogen) atoms. The highest BCUT2D eigenvalue weighted by Gasteiger charge is 2.18. The molecular formula is C10H23N2OPS2. The summed E-state index contributed by atoms with van der Waals surface area (Å²) in [6.07, 6.45) is 2.80. The van der Waals surface area contributed by atoms with Crippen LogP contribution >= 0.6 is 17.0 Å². The lowest BCUT2D eigenvalue weighted by Crippen LogP contribution is -2.10. The molecule has 1 N–H and O–H groups in total.